The highest BCUT2D eigenvalue weighted by Crippen LogP contribution is 2.31. The molecule has 2 heterocycles. The molecule has 0 spiro atoms. The molecule has 7 heteroatoms. The minimum absolute atomic E-state index is 0.150. The van der Waals surface area contributed by atoms with Crippen molar-refractivity contribution in [2.75, 3.05) is 18.6 Å². The van der Waals surface area contributed by atoms with Gasteiger partial charge in [-0.15, -0.1) is 0 Å². The summed E-state index contributed by atoms with van der Waals surface area (Å²) in [5.74, 6) is 1.82. The highest BCUT2D eigenvalue weighted by molar-refractivity contribution is 7.99. The molecule has 130 valence electrons. The number of amides is 1. The number of esters is 1. The van der Waals surface area contributed by atoms with Crippen LogP contribution in [0, 0.1) is 0 Å². The third-order valence-corrected chi connectivity index (χ3v) is 5.69. The molecule has 2 aliphatic rings. The first-order valence-corrected chi connectivity index (χ1v) is 9.40. The van der Waals surface area contributed by atoms with Gasteiger partial charge in [-0.25, -0.2) is 9.78 Å². The maximum absolute atomic E-state index is 12.6. The molecule has 3 rings (SSSR count). The number of nitrogens with one attached hydrogen (secondary N) is 1. The number of pyridine rings is 1. The fourth-order valence-electron chi connectivity index (χ4n) is 3.24. The maximum Gasteiger partial charge on any atom is 0.331 e. The van der Waals surface area contributed by atoms with Gasteiger partial charge in [-0.2, -0.15) is 11.8 Å². The van der Waals surface area contributed by atoms with Gasteiger partial charge in [0, 0.05) is 23.6 Å². The second-order valence-corrected chi connectivity index (χ2v) is 7.37. The molecule has 0 unspecified atom stereocenters. The number of carbonyl (C=O) groups is 2. The largest absolute Gasteiger partial charge is 0.473 e. The van der Waals surface area contributed by atoms with Crippen molar-refractivity contribution < 1.29 is 19.1 Å². The van der Waals surface area contributed by atoms with Crippen LogP contribution in [0.4, 0.5) is 0 Å². The third kappa shape index (κ3) is 3.66. The van der Waals surface area contributed by atoms with E-state index in [0.29, 0.717) is 24.3 Å². The summed E-state index contributed by atoms with van der Waals surface area (Å²) in [5, 5.41) is 2.88. The lowest BCUT2D eigenvalue weighted by atomic mass is 9.97. The van der Waals surface area contributed by atoms with Crippen LogP contribution in [-0.4, -0.2) is 47.1 Å². The van der Waals surface area contributed by atoms with Crippen LogP contribution in [0.15, 0.2) is 18.3 Å². The molecule has 1 aliphatic carbocycles. The Morgan fingerprint density at radius 1 is 1.38 bits per heavy atom. The molecule has 1 atom stereocenters. The minimum Gasteiger partial charge on any atom is -0.473 e. The Labute approximate surface area is 145 Å². The molecule has 1 N–H and O–H groups in total. The normalized spacial score (nSPS) is 22.1. The van der Waals surface area contributed by atoms with E-state index in [1.54, 1.807) is 18.3 Å². The Bertz CT molecular complexity index is 610. The fourth-order valence-corrected chi connectivity index (χ4v) is 4.33. The first-order chi connectivity index (χ1) is 11.6. The molecule has 6 nitrogen and oxygen atoms in total. The lowest BCUT2D eigenvalue weighted by molar-refractivity contribution is -0.148. The van der Waals surface area contributed by atoms with Crippen LogP contribution < -0.4 is 10.1 Å². The number of aromatic nitrogens is 1. The van der Waals surface area contributed by atoms with Gasteiger partial charge in [0.25, 0.3) is 5.91 Å². The monoisotopic (exact) mass is 350 g/mol. The molecule has 0 aromatic carbocycles. The second-order valence-electron chi connectivity index (χ2n) is 6.22. The summed E-state index contributed by atoms with van der Waals surface area (Å²) >= 11 is 1.85. The molecule has 24 heavy (non-hydrogen) atoms. The van der Waals surface area contributed by atoms with Crippen LogP contribution in [-0.2, 0) is 9.53 Å². The summed E-state index contributed by atoms with van der Waals surface area (Å²) in [6.45, 7) is 0. The van der Waals surface area contributed by atoms with Gasteiger partial charge >= 0.3 is 5.97 Å². The van der Waals surface area contributed by atoms with Crippen LogP contribution in [0.1, 0.15) is 42.5 Å². The van der Waals surface area contributed by atoms with Crippen molar-refractivity contribution in [3.8, 4) is 5.88 Å². The average Bonchev–Trinajstić information content (AvgIpc) is 3.27. The summed E-state index contributed by atoms with van der Waals surface area (Å²) in [7, 11) is 1.35. The SMILES string of the molecule is COC(=O)C1(NC(=O)c2ccnc(O[C@@H]3CCSC3)c2)CCCC1. The quantitative estimate of drug-likeness (QED) is 0.820. The summed E-state index contributed by atoms with van der Waals surface area (Å²) in [5.41, 5.74) is -0.459. The van der Waals surface area contributed by atoms with E-state index in [1.807, 2.05) is 11.8 Å². The number of hydrogen-bond donors (Lipinski definition) is 1. The fraction of sp³-hybridized carbons (Fsp3) is 0.588. The number of ether oxygens (including phenoxy) is 2. The summed E-state index contributed by atoms with van der Waals surface area (Å²) < 4.78 is 10.7. The summed E-state index contributed by atoms with van der Waals surface area (Å²) in [6.07, 6.45) is 5.73. The van der Waals surface area contributed by atoms with Gasteiger partial charge < -0.3 is 14.8 Å². The highest BCUT2D eigenvalue weighted by atomic mass is 32.2. The van der Waals surface area contributed by atoms with Crippen molar-refractivity contribution in [2.24, 2.45) is 0 Å². The molecule has 1 amide bonds. The Hall–Kier alpha value is -1.76. The van der Waals surface area contributed by atoms with Crippen molar-refractivity contribution in [1.82, 2.24) is 10.3 Å². The number of thioether (sulfide) groups is 1. The second kappa shape index (κ2) is 7.42. The van der Waals surface area contributed by atoms with Gasteiger partial charge in [-0.1, -0.05) is 12.8 Å². The van der Waals surface area contributed by atoms with Crippen LogP contribution in [0.2, 0.25) is 0 Å². The smallest absolute Gasteiger partial charge is 0.331 e. The molecule has 0 bridgehead atoms. The van der Waals surface area contributed by atoms with E-state index < -0.39 is 5.54 Å². The van der Waals surface area contributed by atoms with Crippen LogP contribution in [0.3, 0.4) is 0 Å². The topological polar surface area (TPSA) is 77.5 Å². The predicted molar refractivity (Wildman–Crippen MR) is 91.3 cm³/mol. The molecule has 1 saturated heterocycles. The Morgan fingerprint density at radius 2 is 2.17 bits per heavy atom. The van der Waals surface area contributed by atoms with E-state index in [2.05, 4.69) is 10.3 Å². The zero-order valence-corrected chi connectivity index (χ0v) is 14.6. The van der Waals surface area contributed by atoms with E-state index in [-0.39, 0.29) is 18.0 Å². The zero-order chi connectivity index (χ0) is 17.0. The van der Waals surface area contributed by atoms with Crippen molar-refractivity contribution in [3.05, 3.63) is 23.9 Å². The average molecular weight is 350 g/mol. The van der Waals surface area contributed by atoms with Gasteiger partial charge in [0.15, 0.2) is 0 Å². The Morgan fingerprint density at radius 3 is 2.83 bits per heavy atom. The zero-order valence-electron chi connectivity index (χ0n) is 13.7. The van der Waals surface area contributed by atoms with E-state index in [0.717, 1.165) is 30.8 Å². The number of nitrogens with zero attached hydrogens (tertiary/aromatic N) is 1. The summed E-state index contributed by atoms with van der Waals surface area (Å²) in [4.78, 5) is 28.9. The third-order valence-electron chi connectivity index (χ3n) is 4.56. The molecule has 1 aromatic rings. The van der Waals surface area contributed by atoms with Gasteiger partial charge in [0.1, 0.15) is 11.6 Å². The maximum atomic E-state index is 12.6. The van der Waals surface area contributed by atoms with Crippen LogP contribution in [0.25, 0.3) is 0 Å². The molecule has 1 saturated carbocycles. The van der Waals surface area contributed by atoms with E-state index in [9.17, 15) is 9.59 Å². The molecule has 2 fully saturated rings. The van der Waals surface area contributed by atoms with Crippen molar-refractivity contribution >= 4 is 23.6 Å². The lowest BCUT2D eigenvalue weighted by Gasteiger charge is -2.27. The van der Waals surface area contributed by atoms with Crippen molar-refractivity contribution in [1.29, 1.82) is 0 Å². The molecule has 1 aromatic heterocycles. The molecule has 1 aliphatic heterocycles. The van der Waals surface area contributed by atoms with Crippen molar-refractivity contribution in [2.45, 2.75) is 43.7 Å². The first kappa shape index (κ1) is 17.1. The standard InChI is InChI=1S/C17H22N2O4S/c1-22-16(21)17(6-2-3-7-17)19-15(20)12-4-8-18-14(10-12)23-13-5-9-24-11-13/h4,8,10,13H,2-3,5-7,9,11H2,1H3,(H,19,20)/t13-/m1/s1. The van der Waals surface area contributed by atoms with Gasteiger partial charge in [0.2, 0.25) is 5.88 Å². The first-order valence-electron chi connectivity index (χ1n) is 8.24. The summed E-state index contributed by atoms with van der Waals surface area (Å²) in [6, 6.07) is 3.27. The number of methoxy groups -OCH3 is 1. The van der Waals surface area contributed by atoms with Crippen LogP contribution >= 0.6 is 11.8 Å². The van der Waals surface area contributed by atoms with Crippen molar-refractivity contribution in [3.63, 3.8) is 0 Å². The Kier molecular flexibility index (Phi) is 5.28. The van der Waals surface area contributed by atoms with Gasteiger partial charge in [-0.3, -0.25) is 4.79 Å². The van der Waals surface area contributed by atoms with E-state index in [1.165, 1.54) is 7.11 Å². The number of rotatable bonds is 5. The van der Waals surface area contributed by atoms with E-state index >= 15 is 0 Å². The van der Waals surface area contributed by atoms with Crippen LogP contribution in [0.5, 0.6) is 5.88 Å². The molecular weight excluding hydrogens is 328 g/mol. The van der Waals surface area contributed by atoms with Gasteiger partial charge in [0.05, 0.1) is 7.11 Å². The predicted octanol–water partition coefficient (Wildman–Crippen LogP) is 2.18. The molecular formula is C17H22N2O4S. The van der Waals surface area contributed by atoms with Gasteiger partial charge in [-0.05, 0) is 31.1 Å². The highest BCUT2D eigenvalue weighted by Gasteiger charge is 2.43. The molecule has 0 radical (unpaired) electrons. The lowest BCUT2D eigenvalue weighted by Crippen LogP contribution is -2.53. The number of carbonyl (C=O) groups excluding carboxylic acids is 2. The number of hydrogen-bond acceptors (Lipinski definition) is 6. The van der Waals surface area contributed by atoms with E-state index in [4.69, 9.17) is 9.47 Å². The minimum atomic E-state index is -0.905. The Balaban J connectivity index is 1.71.